The Bertz CT molecular complexity index is 1770. The smallest absolute Gasteiger partial charge is 0.408 e. The van der Waals surface area contributed by atoms with Crippen molar-refractivity contribution in [3.63, 3.8) is 0 Å². The molecule has 2 aliphatic heterocycles. The van der Waals surface area contributed by atoms with Crippen LogP contribution in [-0.2, 0) is 43.6 Å². The van der Waals surface area contributed by atoms with Gasteiger partial charge < -0.3 is 29.7 Å². The molecule has 0 saturated carbocycles. The fourth-order valence-corrected chi connectivity index (χ4v) is 6.84. The minimum absolute atomic E-state index is 0.0274. The van der Waals surface area contributed by atoms with Gasteiger partial charge in [0.25, 0.3) is 5.91 Å². The quantitative estimate of drug-likeness (QED) is 0.119. The number of amides is 3. The third kappa shape index (κ3) is 8.98. The molecule has 2 aliphatic rings. The SMILES string of the molecule is O=C(NC1CC(=O)N(Cc2cccc(-c3cccc([C@H]4O[C@@H](CSCCO)C[C@@H](c5ccc(CO)cc5)O4)c3)c2)C1=O)OCc1ccccc1. The topological polar surface area (TPSA) is 135 Å². The van der Waals surface area contributed by atoms with E-state index in [0.29, 0.717) is 17.9 Å². The zero-order valence-electron chi connectivity index (χ0n) is 27.5. The van der Waals surface area contributed by atoms with Crippen molar-refractivity contribution >= 4 is 29.7 Å². The second-order valence-corrected chi connectivity index (χ2v) is 13.4. The molecule has 50 heavy (non-hydrogen) atoms. The van der Waals surface area contributed by atoms with Crippen molar-refractivity contribution in [2.75, 3.05) is 18.1 Å². The summed E-state index contributed by atoms with van der Waals surface area (Å²) in [6.45, 7) is 0.204. The van der Waals surface area contributed by atoms with Crippen molar-refractivity contribution in [1.82, 2.24) is 10.2 Å². The molecule has 3 N–H and O–H groups in total. The highest BCUT2D eigenvalue weighted by molar-refractivity contribution is 7.99. The average molecular weight is 697 g/mol. The summed E-state index contributed by atoms with van der Waals surface area (Å²) in [5.74, 6) is 0.500. The number of ether oxygens (including phenoxy) is 3. The number of carbonyl (C=O) groups excluding carboxylic acids is 3. The fraction of sp³-hybridized carbons (Fsp3) is 0.308. The Morgan fingerprint density at radius 2 is 1.58 bits per heavy atom. The van der Waals surface area contributed by atoms with Crippen molar-refractivity contribution < 1.29 is 38.8 Å². The molecule has 2 saturated heterocycles. The van der Waals surface area contributed by atoms with E-state index in [1.165, 1.54) is 4.90 Å². The van der Waals surface area contributed by atoms with E-state index >= 15 is 0 Å². The van der Waals surface area contributed by atoms with Crippen molar-refractivity contribution in [3.8, 4) is 11.1 Å². The highest BCUT2D eigenvalue weighted by Gasteiger charge is 2.40. The van der Waals surface area contributed by atoms with Crippen LogP contribution < -0.4 is 5.32 Å². The number of hydrogen-bond acceptors (Lipinski definition) is 9. The zero-order valence-corrected chi connectivity index (χ0v) is 28.3. The number of nitrogens with zero attached hydrogens (tertiary/aromatic N) is 1. The Balaban J connectivity index is 1.12. The summed E-state index contributed by atoms with van der Waals surface area (Å²) < 4.78 is 18.2. The van der Waals surface area contributed by atoms with Crippen molar-refractivity contribution in [3.05, 3.63) is 131 Å². The Morgan fingerprint density at radius 1 is 0.840 bits per heavy atom. The van der Waals surface area contributed by atoms with Crippen LogP contribution in [0.25, 0.3) is 11.1 Å². The maximum atomic E-state index is 13.2. The second kappa shape index (κ2) is 16.9. The molecular formula is C39H40N2O8S. The first-order valence-electron chi connectivity index (χ1n) is 16.6. The van der Waals surface area contributed by atoms with Gasteiger partial charge in [-0.2, -0.15) is 11.8 Å². The monoisotopic (exact) mass is 696 g/mol. The second-order valence-electron chi connectivity index (χ2n) is 12.3. The number of carbonyl (C=O) groups is 3. The van der Waals surface area contributed by atoms with Gasteiger partial charge in [0.2, 0.25) is 5.91 Å². The average Bonchev–Trinajstić information content (AvgIpc) is 3.41. The highest BCUT2D eigenvalue weighted by atomic mass is 32.2. The molecule has 2 heterocycles. The molecule has 2 fully saturated rings. The number of hydrogen-bond donors (Lipinski definition) is 3. The maximum absolute atomic E-state index is 13.2. The lowest BCUT2D eigenvalue weighted by Crippen LogP contribution is -2.41. The van der Waals surface area contributed by atoms with Gasteiger partial charge in [-0.3, -0.25) is 14.5 Å². The molecular weight excluding hydrogens is 657 g/mol. The number of imide groups is 1. The van der Waals surface area contributed by atoms with Crippen LogP contribution >= 0.6 is 11.8 Å². The number of rotatable bonds is 13. The van der Waals surface area contributed by atoms with Gasteiger partial charge in [-0.05, 0) is 45.5 Å². The minimum Gasteiger partial charge on any atom is -0.445 e. The molecule has 4 aromatic rings. The summed E-state index contributed by atoms with van der Waals surface area (Å²) in [6, 6.07) is 31.5. The van der Waals surface area contributed by atoms with Crippen LogP contribution in [0.4, 0.5) is 4.79 Å². The van der Waals surface area contributed by atoms with Crippen LogP contribution in [0.3, 0.4) is 0 Å². The lowest BCUT2D eigenvalue weighted by Gasteiger charge is -2.36. The molecule has 0 aromatic heterocycles. The van der Waals surface area contributed by atoms with Gasteiger partial charge in [0.05, 0.1) is 38.4 Å². The first-order valence-corrected chi connectivity index (χ1v) is 17.8. The van der Waals surface area contributed by atoms with Crippen molar-refractivity contribution in [2.45, 2.75) is 57.1 Å². The molecule has 0 spiro atoms. The summed E-state index contributed by atoms with van der Waals surface area (Å²) in [7, 11) is 0. The van der Waals surface area contributed by atoms with Crippen LogP contribution in [0.15, 0.2) is 103 Å². The molecule has 6 rings (SSSR count). The molecule has 3 amide bonds. The Hall–Kier alpha value is -4.52. The van der Waals surface area contributed by atoms with Gasteiger partial charge in [-0.1, -0.05) is 91.0 Å². The van der Waals surface area contributed by atoms with E-state index in [2.05, 4.69) is 5.32 Å². The van der Waals surface area contributed by atoms with E-state index in [1.54, 1.807) is 11.8 Å². The van der Waals surface area contributed by atoms with Crippen LogP contribution in [0, 0.1) is 0 Å². The lowest BCUT2D eigenvalue weighted by atomic mass is 9.99. The maximum Gasteiger partial charge on any atom is 0.408 e. The van der Waals surface area contributed by atoms with Crippen molar-refractivity contribution in [2.24, 2.45) is 0 Å². The standard InChI is InChI=1S/C39H40N2O8S/c42-16-17-50-25-33-20-35(29-14-12-26(23-43)13-15-29)49-38(48-33)32-11-5-10-31(19-32)30-9-4-8-28(18-30)22-41-36(44)21-34(37(41)45)40-39(46)47-24-27-6-2-1-3-7-27/h1-15,18-19,33-35,38,42-43H,16-17,20-25H2,(H,40,46)/t33-,34?,35+,38+/m1/s1. The van der Waals surface area contributed by atoms with Gasteiger partial charge in [0.1, 0.15) is 12.6 Å². The lowest BCUT2D eigenvalue weighted by molar-refractivity contribution is -0.245. The van der Waals surface area contributed by atoms with E-state index in [9.17, 15) is 24.6 Å². The van der Waals surface area contributed by atoms with E-state index < -0.39 is 24.3 Å². The first-order chi connectivity index (χ1) is 24.4. The number of aliphatic hydroxyl groups excluding tert-OH is 2. The number of likely N-dealkylation sites (tertiary alicyclic amines) is 1. The molecule has 1 unspecified atom stereocenters. The molecule has 0 aliphatic carbocycles. The van der Waals surface area contributed by atoms with Gasteiger partial charge in [0, 0.05) is 23.5 Å². The molecule has 0 bridgehead atoms. The van der Waals surface area contributed by atoms with E-state index in [0.717, 1.165) is 38.9 Å². The number of benzene rings is 4. The van der Waals surface area contributed by atoms with Gasteiger partial charge in [-0.15, -0.1) is 0 Å². The molecule has 0 radical (unpaired) electrons. The van der Waals surface area contributed by atoms with Crippen LogP contribution in [0.5, 0.6) is 0 Å². The summed E-state index contributed by atoms with van der Waals surface area (Å²) >= 11 is 1.64. The highest BCUT2D eigenvalue weighted by Crippen LogP contribution is 2.39. The number of thioether (sulfide) groups is 1. The molecule has 260 valence electrons. The van der Waals surface area contributed by atoms with Gasteiger partial charge >= 0.3 is 6.09 Å². The largest absolute Gasteiger partial charge is 0.445 e. The predicted octanol–water partition coefficient (Wildman–Crippen LogP) is 5.67. The Morgan fingerprint density at radius 3 is 2.34 bits per heavy atom. The van der Waals surface area contributed by atoms with Crippen molar-refractivity contribution in [1.29, 1.82) is 0 Å². The van der Waals surface area contributed by atoms with Crippen LogP contribution in [-0.4, -0.2) is 63.3 Å². The number of aliphatic hydroxyl groups is 2. The summed E-state index contributed by atoms with van der Waals surface area (Å²) in [4.78, 5) is 39.6. The Kier molecular flexibility index (Phi) is 12.0. The number of nitrogens with one attached hydrogen (secondary N) is 1. The molecule has 4 atom stereocenters. The van der Waals surface area contributed by atoms with E-state index in [-0.39, 0.29) is 50.9 Å². The number of alkyl carbamates (subject to hydrolysis) is 1. The van der Waals surface area contributed by atoms with Crippen LogP contribution in [0.1, 0.15) is 53.1 Å². The minimum atomic E-state index is -0.983. The summed E-state index contributed by atoms with van der Waals surface area (Å²) in [5, 5.41) is 21.3. The molecule has 10 nitrogen and oxygen atoms in total. The third-order valence-electron chi connectivity index (χ3n) is 8.66. The fourth-order valence-electron chi connectivity index (χ4n) is 6.07. The van der Waals surface area contributed by atoms with E-state index in [1.807, 2.05) is 103 Å². The van der Waals surface area contributed by atoms with Gasteiger partial charge in [0.15, 0.2) is 6.29 Å². The first kappa shape index (κ1) is 35.3. The summed E-state index contributed by atoms with van der Waals surface area (Å²) in [5.41, 5.74) is 6.07. The zero-order chi connectivity index (χ0) is 34.9. The normalized spacial score (nSPS) is 20.6. The predicted molar refractivity (Wildman–Crippen MR) is 188 cm³/mol. The third-order valence-corrected chi connectivity index (χ3v) is 9.74. The Labute approximate surface area is 295 Å². The molecule has 11 heteroatoms. The van der Waals surface area contributed by atoms with Gasteiger partial charge in [-0.25, -0.2) is 4.79 Å². The molecule has 4 aromatic carbocycles. The van der Waals surface area contributed by atoms with E-state index in [4.69, 9.17) is 14.2 Å². The van der Waals surface area contributed by atoms with Crippen LogP contribution in [0.2, 0.25) is 0 Å². The summed E-state index contributed by atoms with van der Waals surface area (Å²) in [6.07, 6.45) is -1.16.